The second-order valence-electron chi connectivity index (χ2n) is 2.97. The van der Waals surface area contributed by atoms with Crippen molar-refractivity contribution in [3.05, 3.63) is 30.3 Å². The highest BCUT2D eigenvalue weighted by Crippen LogP contribution is 2.13. The summed E-state index contributed by atoms with van der Waals surface area (Å²) in [6, 6.07) is 8.64. The third-order valence-corrected chi connectivity index (χ3v) is 2.01. The average molecular weight is 189 g/mol. The largest absolute Gasteiger partial charge is 0.494 e. The molecule has 0 unspecified atom stereocenters. The van der Waals surface area contributed by atoms with Gasteiger partial charge in [0.2, 0.25) is 5.88 Å². The number of para-hydroxylation sites is 1. The minimum Gasteiger partial charge on any atom is -0.493 e. The fourth-order valence-corrected chi connectivity index (χ4v) is 1.31. The summed E-state index contributed by atoms with van der Waals surface area (Å²) in [5.74, 6) is -0.348. The van der Waals surface area contributed by atoms with Crippen LogP contribution in [-0.2, 0) is 0 Å². The van der Waals surface area contributed by atoms with Gasteiger partial charge in [-0.05, 0) is 12.1 Å². The second-order valence-corrected chi connectivity index (χ2v) is 2.97. The molecule has 0 amide bonds. The summed E-state index contributed by atoms with van der Waals surface area (Å²) in [5, 5.41) is 27.9. The number of rotatable bonds is 1. The van der Waals surface area contributed by atoms with Crippen molar-refractivity contribution in [3.8, 4) is 5.88 Å². The summed E-state index contributed by atoms with van der Waals surface area (Å²) in [6.45, 7) is 0. The molecule has 0 atom stereocenters. The van der Waals surface area contributed by atoms with E-state index in [0.29, 0.717) is 5.52 Å². The predicted octanol–water partition coefficient (Wildman–Crippen LogP) is -0.380. The lowest BCUT2D eigenvalue weighted by atomic mass is 9.80. The lowest BCUT2D eigenvalue weighted by Gasteiger charge is -2.04. The maximum Gasteiger partial charge on any atom is 0.494 e. The molecule has 0 radical (unpaired) electrons. The number of hydrogen-bond donors (Lipinski definition) is 3. The standard InChI is InChI=1S/C9H8BNO3/c12-9-7(10(13)14)5-6-3-1-2-4-8(6)11-9/h1-5,13-14H,(H,11,12). The third kappa shape index (κ3) is 1.43. The van der Waals surface area contributed by atoms with E-state index in [9.17, 15) is 5.11 Å². The molecule has 0 saturated carbocycles. The summed E-state index contributed by atoms with van der Waals surface area (Å²) in [4.78, 5) is 3.83. The average Bonchev–Trinajstić information content (AvgIpc) is 2.16. The first-order chi connectivity index (χ1) is 6.68. The van der Waals surface area contributed by atoms with Crippen LogP contribution in [0.5, 0.6) is 5.88 Å². The number of hydrogen-bond acceptors (Lipinski definition) is 4. The molecule has 0 aliphatic carbocycles. The zero-order chi connectivity index (χ0) is 10.1. The molecule has 3 N–H and O–H groups in total. The van der Waals surface area contributed by atoms with E-state index in [1.807, 2.05) is 6.07 Å². The molecule has 1 heterocycles. The quantitative estimate of drug-likeness (QED) is 0.534. The van der Waals surface area contributed by atoms with Gasteiger partial charge < -0.3 is 15.2 Å². The van der Waals surface area contributed by atoms with Gasteiger partial charge in [-0.15, -0.1) is 0 Å². The highest BCUT2D eigenvalue weighted by molar-refractivity contribution is 6.59. The summed E-state index contributed by atoms with van der Waals surface area (Å²) < 4.78 is 0. The molecular formula is C9H8BNO3. The van der Waals surface area contributed by atoms with Crippen molar-refractivity contribution in [2.75, 3.05) is 0 Å². The Morgan fingerprint density at radius 2 is 1.86 bits per heavy atom. The molecule has 2 aromatic rings. The number of aromatic hydroxyl groups is 1. The Morgan fingerprint density at radius 3 is 2.57 bits per heavy atom. The second kappa shape index (κ2) is 3.28. The highest BCUT2D eigenvalue weighted by atomic mass is 16.4. The molecule has 70 valence electrons. The first-order valence-electron chi connectivity index (χ1n) is 4.13. The summed E-state index contributed by atoms with van der Waals surface area (Å²) >= 11 is 0. The lowest BCUT2D eigenvalue weighted by Crippen LogP contribution is -2.30. The van der Waals surface area contributed by atoms with Crippen LogP contribution in [0.3, 0.4) is 0 Å². The zero-order valence-corrected chi connectivity index (χ0v) is 7.25. The fourth-order valence-electron chi connectivity index (χ4n) is 1.31. The SMILES string of the molecule is OB(O)c1cc2ccccc2nc1O. The van der Waals surface area contributed by atoms with Crippen molar-refractivity contribution < 1.29 is 15.2 Å². The molecule has 4 nitrogen and oxygen atoms in total. The predicted molar refractivity (Wildman–Crippen MR) is 53.2 cm³/mol. The maximum atomic E-state index is 9.35. The van der Waals surface area contributed by atoms with E-state index in [4.69, 9.17) is 10.0 Å². The van der Waals surface area contributed by atoms with E-state index in [1.54, 1.807) is 18.2 Å². The molecule has 0 aliphatic rings. The Hall–Kier alpha value is -1.59. The van der Waals surface area contributed by atoms with Gasteiger partial charge in [0.25, 0.3) is 0 Å². The van der Waals surface area contributed by atoms with E-state index in [-0.39, 0.29) is 11.3 Å². The number of aromatic nitrogens is 1. The van der Waals surface area contributed by atoms with Gasteiger partial charge in [0, 0.05) is 10.8 Å². The fraction of sp³-hybridized carbons (Fsp3) is 0. The topological polar surface area (TPSA) is 73.6 Å². The Labute approximate surface area is 80.6 Å². The van der Waals surface area contributed by atoms with Crippen LogP contribution in [-0.4, -0.2) is 27.3 Å². The van der Waals surface area contributed by atoms with Gasteiger partial charge in [0.05, 0.1) is 5.52 Å². The van der Waals surface area contributed by atoms with E-state index in [2.05, 4.69) is 4.98 Å². The number of nitrogens with zero attached hydrogens (tertiary/aromatic N) is 1. The monoisotopic (exact) mass is 189 g/mol. The molecule has 5 heteroatoms. The summed E-state index contributed by atoms with van der Waals surface area (Å²) in [7, 11) is -1.70. The van der Waals surface area contributed by atoms with Crippen molar-refractivity contribution in [3.63, 3.8) is 0 Å². The van der Waals surface area contributed by atoms with Gasteiger partial charge in [-0.2, -0.15) is 0 Å². The van der Waals surface area contributed by atoms with Crippen molar-refractivity contribution in [1.29, 1.82) is 0 Å². The highest BCUT2D eigenvalue weighted by Gasteiger charge is 2.17. The van der Waals surface area contributed by atoms with Crippen LogP contribution in [0.25, 0.3) is 10.9 Å². The van der Waals surface area contributed by atoms with Crippen molar-refractivity contribution in [2.45, 2.75) is 0 Å². The van der Waals surface area contributed by atoms with Gasteiger partial charge in [0.1, 0.15) is 0 Å². The molecule has 0 aliphatic heterocycles. The van der Waals surface area contributed by atoms with Crippen LogP contribution in [0, 0.1) is 0 Å². The van der Waals surface area contributed by atoms with E-state index in [1.165, 1.54) is 6.07 Å². The third-order valence-electron chi connectivity index (χ3n) is 2.01. The van der Waals surface area contributed by atoms with E-state index < -0.39 is 7.12 Å². The molecular weight excluding hydrogens is 181 g/mol. The van der Waals surface area contributed by atoms with E-state index >= 15 is 0 Å². The first kappa shape index (κ1) is 8.99. The molecule has 0 saturated heterocycles. The number of fused-ring (bicyclic) bond motifs is 1. The molecule has 1 aromatic heterocycles. The van der Waals surface area contributed by atoms with Crippen molar-refractivity contribution in [2.24, 2.45) is 0 Å². The Kier molecular flexibility index (Phi) is 2.11. The molecule has 0 spiro atoms. The van der Waals surface area contributed by atoms with Crippen LogP contribution in [0.2, 0.25) is 0 Å². The minimum atomic E-state index is -1.70. The van der Waals surface area contributed by atoms with Crippen molar-refractivity contribution >= 4 is 23.5 Å². The Bertz CT molecular complexity index is 473. The van der Waals surface area contributed by atoms with Gasteiger partial charge >= 0.3 is 7.12 Å². The number of pyridine rings is 1. The molecule has 0 bridgehead atoms. The Morgan fingerprint density at radius 1 is 1.14 bits per heavy atom. The minimum absolute atomic E-state index is 0.0173. The summed E-state index contributed by atoms with van der Waals surface area (Å²) in [6.07, 6.45) is 0. The maximum absolute atomic E-state index is 9.35. The van der Waals surface area contributed by atoms with Crippen molar-refractivity contribution in [1.82, 2.24) is 4.98 Å². The first-order valence-corrected chi connectivity index (χ1v) is 4.13. The smallest absolute Gasteiger partial charge is 0.493 e. The van der Waals surface area contributed by atoms with E-state index in [0.717, 1.165) is 5.39 Å². The molecule has 1 aromatic carbocycles. The van der Waals surface area contributed by atoms with Gasteiger partial charge in [0.15, 0.2) is 0 Å². The molecule has 14 heavy (non-hydrogen) atoms. The van der Waals surface area contributed by atoms with Gasteiger partial charge in [-0.25, -0.2) is 4.98 Å². The van der Waals surface area contributed by atoms with Crippen LogP contribution in [0.15, 0.2) is 30.3 Å². The Balaban J connectivity index is 2.71. The van der Waals surface area contributed by atoms with Crippen LogP contribution < -0.4 is 5.46 Å². The normalized spacial score (nSPS) is 10.4. The zero-order valence-electron chi connectivity index (χ0n) is 7.25. The van der Waals surface area contributed by atoms with Crippen LogP contribution >= 0.6 is 0 Å². The number of benzene rings is 1. The lowest BCUT2D eigenvalue weighted by molar-refractivity contribution is 0.416. The molecule has 0 fully saturated rings. The van der Waals surface area contributed by atoms with Gasteiger partial charge in [-0.1, -0.05) is 18.2 Å². The molecule has 2 rings (SSSR count). The van der Waals surface area contributed by atoms with Crippen LogP contribution in [0.4, 0.5) is 0 Å². The van der Waals surface area contributed by atoms with Crippen LogP contribution in [0.1, 0.15) is 0 Å². The summed E-state index contributed by atoms with van der Waals surface area (Å²) in [5.41, 5.74) is 0.637. The van der Waals surface area contributed by atoms with Gasteiger partial charge in [-0.3, -0.25) is 0 Å².